The summed E-state index contributed by atoms with van der Waals surface area (Å²) in [5, 5.41) is 5.97. The second-order valence-electron chi connectivity index (χ2n) is 5.36. The molecule has 1 aromatic carbocycles. The lowest BCUT2D eigenvalue weighted by atomic mass is 10.1. The van der Waals surface area contributed by atoms with Gasteiger partial charge < -0.3 is 15.4 Å². The third kappa shape index (κ3) is 6.33. The monoisotopic (exact) mass is 288 g/mol. The molecule has 0 radical (unpaired) electrons. The van der Waals surface area contributed by atoms with E-state index in [1.54, 1.807) is 0 Å². The molecule has 4 heteroatoms. The average molecular weight is 288 g/mol. The lowest BCUT2D eigenvalue weighted by Crippen LogP contribution is -2.29. The number of amides is 1. The first kappa shape index (κ1) is 17.1. The van der Waals surface area contributed by atoms with Crippen molar-refractivity contribution in [1.29, 1.82) is 0 Å². The van der Waals surface area contributed by atoms with Crippen molar-refractivity contribution < 1.29 is 9.53 Å². The highest BCUT2D eigenvalue weighted by Gasteiger charge is 2.09. The predicted octanol–water partition coefficient (Wildman–Crippen LogP) is 1.87. The van der Waals surface area contributed by atoms with E-state index < -0.39 is 0 Å². The van der Waals surface area contributed by atoms with Crippen molar-refractivity contribution >= 4 is 5.91 Å². The molecule has 1 rings (SSSR count). The predicted molar refractivity (Wildman–Crippen MR) is 85.1 cm³/mol. The largest absolute Gasteiger partial charge is 0.483 e. The summed E-state index contributed by atoms with van der Waals surface area (Å²) in [5.74, 6) is 3.51. The Hall–Kier alpha value is -1.99. The number of para-hydroxylation sites is 1. The Morgan fingerprint density at radius 3 is 2.86 bits per heavy atom. The molecule has 0 aliphatic heterocycles. The molecule has 1 amide bonds. The molecule has 0 aliphatic rings. The second kappa shape index (κ2) is 9.04. The van der Waals surface area contributed by atoms with Gasteiger partial charge in [-0.25, -0.2) is 0 Å². The first-order valence-electron chi connectivity index (χ1n) is 7.16. The fraction of sp³-hybridized carbons (Fsp3) is 0.471. The lowest BCUT2D eigenvalue weighted by molar-refractivity contribution is -0.122. The maximum Gasteiger partial charge on any atom is 0.258 e. The van der Waals surface area contributed by atoms with Gasteiger partial charge in [-0.15, -0.1) is 6.42 Å². The Balaban J connectivity index is 2.63. The van der Waals surface area contributed by atoms with Crippen molar-refractivity contribution in [2.45, 2.75) is 27.3 Å². The van der Waals surface area contributed by atoms with Gasteiger partial charge in [-0.1, -0.05) is 38.0 Å². The third-order valence-electron chi connectivity index (χ3n) is 2.90. The van der Waals surface area contributed by atoms with E-state index in [0.29, 0.717) is 5.92 Å². The standard InChI is InChI=1S/C17H24N2O2/c1-5-9-19-16(20)12-21-17-14(4)7-6-8-15(17)11-18-10-13(2)3/h1,6-8,13,18H,9-12H2,2-4H3,(H,19,20). The van der Waals surface area contributed by atoms with Gasteiger partial charge in [0.25, 0.3) is 5.91 Å². The van der Waals surface area contributed by atoms with E-state index in [4.69, 9.17) is 11.2 Å². The van der Waals surface area contributed by atoms with Crippen LogP contribution in [0.4, 0.5) is 0 Å². The number of hydrogen-bond donors (Lipinski definition) is 2. The highest BCUT2D eigenvalue weighted by Crippen LogP contribution is 2.23. The van der Waals surface area contributed by atoms with E-state index in [0.717, 1.165) is 30.0 Å². The summed E-state index contributed by atoms with van der Waals surface area (Å²) in [6.07, 6.45) is 5.10. The van der Waals surface area contributed by atoms with Crippen LogP contribution in [-0.4, -0.2) is 25.6 Å². The van der Waals surface area contributed by atoms with Crippen molar-refractivity contribution in [2.24, 2.45) is 5.92 Å². The SMILES string of the molecule is C#CCNC(=O)COc1c(C)cccc1CNCC(C)C. The second-order valence-corrected chi connectivity index (χ2v) is 5.36. The number of hydrogen-bond acceptors (Lipinski definition) is 3. The maximum absolute atomic E-state index is 11.6. The molecule has 0 saturated carbocycles. The van der Waals surface area contributed by atoms with Crippen LogP contribution in [-0.2, 0) is 11.3 Å². The molecule has 21 heavy (non-hydrogen) atoms. The number of aryl methyl sites for hydroxylation is 1. The van der Waals surface area contributed by atoms with Crippen molar-refractivity contribution in [2.75, 3.05) is 19.7 Å². The fourth-order valence-electron chi connectivity index (χ4n) is 1.89. The molecule has 4 nitrogen and oxygen atoms in total. The molecular weight excluding hydrogens is 264 g/mol. The van der Waals surface area contributed by atoms with Gasteiger partial charge in [0.05, 0.1) is 6.54 Å². The number of carbonyl (C=O) groups excluding carboxylic acids is 1. The van der Waals surface area contributed by atoms with E-state index in [1.807, 2.05) is 25.1 Å². The quantitative estimate of drug-likeness (QED) is 0.718. The zero-order chi connectivity index (χ0) is 15.7. The van der Waals surface area contributed by atoms with Crippen LogP contribution in [0.3, 0.4) is 0 Å². The van der Waals surface area contributed by atoms with Crippen LogP contribution in [0, 0.1) is 25.2 Å². The molecule has 2 N–H and O–H groups in total. The smallest absolute Gasteiger partial charge is 0.258 e. The van der Waals surface area contributed by atoms with Gasteiger partial charge in [0, 0.05) is 12.1 Å². The Morgan fingerprint density at radius 1 is 1.43 bits per heavy atom. The zero-order valence-corrected chi connectivity index (χ0v) is 13.0. The van der Waals surface area contributed by atoms with E-state index in [2.05, 4.69) is 30.4 Å². The number of ether oxygens (including phenoxy) is 1. The summed E-state index contributed by atoms with van der Waals surface area (Å²) in [6.45, 7) is 8.16. The number of rotatable bonds is 8. The average Bonchev–Trinajstić information content (AvgIpc) is 2.44. The van der Waals surface area contributed by atoms with E-state index in [1.165, 1.54) is 0 Å². The van der Waals surface area contributed by atoms with Gasteiger partial charge in [-0.2, -0.15) is 0 Å². The van der Waals surface area contributed by atoms with Gasteiger partial charge in [0.15, 0.2) is 6.61 Å². The minimum Gasteiger partial charge on any atom is -0.483 e. The highest BCUT2D eigenvalue weighted by molar-refractivity contribution is 5.77. The molecule has 0 atom stereocenters. The molecular formula is C17H24N2O2. The topological polar surface area (TPSA) is 50.4 Å². The minimum atomic E-state index is -0.211. The van der Waals surface area contributed by atoms with Crippen molar-refractivity contribution in [3.05, 3.63) is 29.3 Å². The summed E-state index contributed by atoms with van der Waals surface area (Å²) in [5.41, 5.74) is 2.07. The van der Waals surface area contributed by atoms with Crippen LogP contribution >= 0.6 is 0 Å². The van der Waals surface area contributed by atoms with Gasteiger partial charge in [-0.05, 0) is 24.9 Å². The van der Waals surface area contributed by atoms with Gasteiger partial charge in [0.1, 0.15) is 5.75 Å². The molecule has 0 fully saturated rings. The Morgan fingerprint density at radius 2 is 2.19 bits per heavy atom. The maximum atomic E-state index is 11.6. The van der Waals surface area contributed by atoms with Gasteiger partial charge in [-0.3, -0.25) is 4.79 Å². The summed E-state index contributed by atoms with van der Waals surface area (Å²) in [6, 6.07) is 5.97. The Bertz CT molecular complexity index is 504. The fourth-order valence-corrected chi connectivity index (χ4v) is 1.89. The minimum absolute atomic E-state index is 0.0241. The number of benzene rings is 1. The van der Waals surface area contributed by atoms with Crippen molar-refractivity contribution in [3.8, 4) is 18.1 Å². The Kier molecular flexibility index (Phi) is 7.34. The third-order valence-corrected chi connectivity index (χ3v) is 2.90. The van der Waals surface area contributed by atoms with Crippen LogP contribution in [0.25, 0.3) is 0 Å². The number of nitrogens with one attached hydrogen (secondary N) is 2. The first-order valence-corrected chi connectivity index (χ1v) is 7.16. The summed E-state index contributed by atoms with van der Waals surface area (Å²) < 4.78 is 5.66. The molecule has 0 aromatic heterocycles. The van der Waals surface area contributed by atoms with Crippen LogP contribution in [0.1, 0.15) is 25.0 Å². The molecule has 0 heterocycles. The first-order chi connectivity index (χ1) is 10.0. The Labute approximate surface area is 127 Å². The van der Waals surface area contributed by atoms with E-state index in [9.17, 15) is 4.79 Å². The molecule has 0 aliphatic carbocycles. The molecule has 1 aromatic rings. The van der Waals surface area contributed by atoms with Crippen molar-refractivity contribution in [3.63, 3.8) is 0 Å². The van der Waals surface area contributed by atoms with Crippen LogP contribution in [0.15, 0.2) is 18.2 Å². The van der Waals surface area contributed by atoms with Gasteiger partial charge >= 0.3 is 0 Å². The summed E-state index contributed by atoms with van der Waals surface area (Å²) in [7, 11) is 0. The summed E-state index contributed by atoms with van der Waals surface area (Å²) >= 11 is 0. The van der Waals surface area contributed by atoms with E-state index >= 15 is 0 Å². The molecule has 114 valence electrons. The van der Waals surface area contributed by atoms with Crippen LogP contribution in [0.2, 0.25) is 0 Å². The molecule has 0 spiro atoms. The highest BCUT2D eigenvalue weighted by atomic mass is 16.5. The van der Waals surface area contributed by atoms with Gasteiger partial charge in [0.2, 0.25) is 0 Å². The van der Waals surface area contributed by atoms with Crippen molar-refractivity contribution in [1.82, 2.24) is 10.6 Å². The van der Waals surface area contributed by atoms with Crippen LogP contribution in [0.5, 0.6) is 5.75 Å². The zero-order valence-electron chi connectivity index (χ0n) is 13.0. The van der Waals surface area contributed by atoms with Crippen LogP contribution < -0.4 is 15.4 Å². The lowest BCUT2D eigenvalue weighted by Gasteiger charge is -2.15. The number of carbonyl (C=O) groups is 1. The molecule has 0 bridgehead atoms. The van der Waals surface area contributed by atoms with E-state index in [-0.39, 0.29) is 19.1 Å². The summed E-state index contributed by atoms with van der Waals surface area (Å²) in [4.78, 5) is 11.6. The molecule has 0 unspecified atom stereocenters. The normalized spacial score (nSPS) is 10.2. The molecule has 0 saturated heterocycles. The number of terminal acetylenes is 1.